The Bertz CT molecular complexity index is 482. The van der Waals surface area contributed by atoms with Gasteiger partial charge in [0.05, 0.1) is 11.9 Å². The second kappa shape index (κ2) is 4.75. The maximum absolute atomic E-state index is 11.9. The monoisotopic (exact) mass is 258 g/mol. The zero-order chi connectivity index (χ0) is 12.5. The number of nitrogens with zero attached hydrogens (tertiary/aromatic N) is 1. The zero-order valence-electron chi connectivity index (χ0n) is 9.81. The van der Waals surface area contributed by atoms with E-state index in [1.54, 1.807) is 6.92 Å². The Morgan fingerprint density at radius 2 is 2.35 bits per heavy atom. The Balaban J connectivity index is 1.97. The summed E-state index contributed by atoms with van der Waals surface area (Å²) in [4.78, 5) is 0.222. The highest BCUT2D eigenvalue weighted by Crippen LogP contribution is 2.23. The van der Waals surface area contributed by atoms with Gasteiger partial charge in [-0.05, 0) is 32.1 Å². The fourth-order valence-corrected chi connectivity index (χ4v) is 3.47. The third kappa shape index (κ3) is 2.85. The summed E-state index contributed by atoms with van der Waals surface area (Å²) in [7, 11) is -3.44. The number of hydrogen-bond acceptors (Lipinski definition) is 4. The van der Waals surface area contributed by atoms with Crippen molar-refractivity contribution in [3.8, 4) is 0 Å². The van der Waals surface area contributed by atoms with Crippen LogP contribution in [0.25, 0.3) is 0 Å². The van der Waals surface area contributed by atoms with E-state index in [1.165, 1.54) is 6.20 Å². The van der Waals surface area contributed by atoms with Crippen LogP contribution in [0.1, 0.15) is 25.0 Å². The van der Waals surface area contributed by atoms with Crippen LogP contribution in [-0.2, 0) is 10.0 Å². The van der Waals surface area contributed by atoms with Crippen molar-refractivity contribution in [2.75, 3.05) is 6.54 Å². The van der Waals surface area contributed by atoms with Crippen molar-refractivity contribution >= 4 is 10.0 Å². The van der Waals surface area contributed by atoms with Gasteiger partial charge in [0.2, 0.25) is 10.0 Å². The molecular formula is C10H18N4O2S. The van der Waals surface area contributed by atoms with Crippen LogP contribution in [0.5, 0.6) is 0 Å². The summed E-state index contributed by atoms with van der Waals surface area (Å²) >= 11 is 0. The van der Waals surface area contributed by atoms with Crippen LogP contribution in [-0.4, -0.2) is 31.2 Å². The number of hydrogen-bond donors (Lipinski definition) is 3. The van der Waals surface area contributed by atoms with Crippen LogP contribution in [0.4, 0.5) is 0 Å². The number of sulfonamides is 1. The molecular weight excluding hydrogens is 240 g/mol. The fraction of sp³-hybridized carbons (Fsp3) is 0.700. The molecule has 1 aliphatic rings. The first-order valence-electron chi connectivity index (χ1n) is 5.74. The fourth-order valence-electron chi connectivity index (χ4n) is 2.21. The Labute approximate surface area is 101 Å². The lowest BCUT2D eigenvalue weighted by atomic mass is 10.1. The highest BCUT2D eigenvalue weighted by Gasteiger charge is 2.25. The minimum Gasteiger partial charge on any atom is -0.328 e. The Hall–Kier alpha value is -0.920. The molecule has 0 spiro atoms. The quantitative estimate of drug-likeness (QED) is 0.714. The summed E-state index contributed by atoms with van der Waals surface area (Å²) in [6.07, 6.45) is 4.20. The molecule has 0 amide bonds. The highest BCUT2D eigenvalue weighted by atomic mass is 32.2. The van der Waals surface area contributed by atoms with E-state index < -0.39 is 10.0 Å². The Kier molecular flexibility index (Phi) is 3.50. The second-order valence-electron chi connectivity index (χ2n) is 4.65. The number of nitrogens with two attached hydrogens (primary N) is 1. The van der Waals surface area contributed by atoms with Crippen molar-refractivity contribution in [3.05, 3.63) is 11.9 Å². The normalized spacial score (nSPS) is 25.3. The number of aromatic nitrogens is 2. The molecule has 2 atom stereocenters. The standard InChI is InChI=1S/C10H18N4O2S/c1-7-10(6-12-14-7)17(15,16)13-5-8-2-3-9(11)4-8/h6,8-9,13H,2-5,11H2,1H3,(H,12,14). The van der Waals surface area contributed by atoms with Gasteiger partial charge in [0.15, 0.2) is 0 Å². The van der Waals surface area contributed by atoms with Gasteiger partial charge < -0.3 is 5.73 Å². The molecule has 96 valence electrons. The van der Waals surface area contributed by atoms with Gasteiger partial charge in [-0.15, -0.1) is 0 Å². The van der Waals surface area contributed by atoms with Crippen LogP contribution in [0.2, 0.25) is 0 Å². The second-order valence-corrected chi connectivity index (χ2v) is 6.39. The zero-order valence-corrected chi connectivity index (χ0v) is 10.6. The third-order valence-corrected chi connectivity index (χ3v) is 4.75. The minimum absolute atomic E-state index is 0.222. The number of aromatic amines is 1. The molecule has 0 aromatic carbocycles. The van der Waals surface area contributed by atoms with Crippen molar-refractivity contribution in [1.29, 1.82) is 0 Å². The lowest BCUT2D eigenvalue weighted by molar-refractivity contribution is 0.512. The van der Waals surface area contributed by atoms with E-state index in [4.69, 9.17) is 5.73 Å². The molecule has 1 saturated carbocycles. The summed E-state index contributed by atoms with van der Waals surface area (Å²) in [5, 5.41) is 6.34. The molecule has 0 saturated heterocycles. The van der Waals surface area contributed by atoms with Crippen LogP contribution < -0.4 is 10.5 Å². The van der Waals surface area contributed by atoms with Gasteiger partial charge in [0.25, 0.3) is 0 Å². The molecule has 1 aromatic heterocycles. The van der Waals surface area contributed by atoms with Gasteiger partial charge in [0.1, 0.15) is 4.90 Å². The molecule has 2 unspecified atom stereocenters. The lowest BCUT2D eigenvalue weighted by Gasteiger charge is -2.11. The maximum Gasteiger partial charge on any atom is 0.243 e. The number of H-pyrrole nitrogens is 1. The molecule has 1 fully saturated rings. The molecule has 0 aliphatic heterocycles. The first kappa shape index (κ1) is 12.5. The van der Waals surface area contributed by atoms with Gasteiger partial charge in [-0.25, -0.2) is 13.1 Å². The first-order valence-corrected chi connectivity index (χ1v) is 7.22. The average molecular weight is 258 g/mol. The van der Waals surface area contributed by atoms with Crippen LogP contribution >= 0.6 is 0 Å². The number of rotatable bonds is 4. The van der Waals surface area contributed by atoms with Crippen LogP contribution in [0.3, 0.4) is 0 Å². The number of aryl methyl sites for hydroxylation is 1. The molecule has 1 aromatic rings. The van der Waals surface area contributed by atoms with E-state index in [0.29, 0.717) is 18.2 Å². The maximum atomic E-state index is 11.9. The molecule has 2 rings (SSSR count). The summed E-state index contributed by atoms with van der Waals surface area (Å²) < 4.78 is 26.5. The summed E-state index contributed by atoms with van der Waals surface area (Å²) in [5.41, 5.74) is 6.35. The predicted octanol–water partition coefficient (Wildman–Crippen LogP) is 0.124. The molecule has 0 radical (unpaired) electrons. The lowest BCUT2D eigenvalue weighted by Crippen LogP contribution is -2.29. The summed E-state index contributed by atoms with van der Waals surface area (Å²) in [5.74, 6) is 0.354. The van der Waals surface area contributed by atoms with E-state index in [2.05, 4.69) is 14.9 Å². The third-order valence-electron chi connectivity index (χ3n) is 3.22. The molecule has 7 heteroatoms. The molecule has 0 bridgehead atoms. The van der Waals surface area contributed by atoms with Gasteiger partial charge in [0, 0.05) is 12.6 Å². The molecule has 4 N–H and O–H groups in total. The molecule has 17 heavy (non-hydrogen) atoms. The van der Waals surface area contributed by atoms with E-state index in [-0.39, 0.29) is 10.9 Å². The Morgan fingerprint density at radius 3 is 2.88 bits per heavy atom. The number of nitrogens with one attached hydrogen (secondary N) is 2. The van der Waals surface area contributed by atoms with E-state index in [1.807, 2.05) is 0 Å². The minimum atomic E-state index is -3.44. The van der Waals surface area contributed by atoms with Gasteiger partial charge in [-0.1, -0.05) is 0 Å². The topological polar surface area (TPSA) is 101 Å². The molecule has 1 heterocycles. The van der Waals surface area contributed by atoms with Crippen molar-refractivity contribution in [2.45, 2.75) is 37.1 Å². The van der Waals surface area contributed by atoms with Gasteiger partial charge >= 0.3 is 0 Å². The average Bonchev–Trinajstić information content (AvgIpc) is 2.85. The summed E-state index contributed by atoms with van der Waals surface area (Å²) in [6.45, 7) is 2.15. The predicted molar refractivity (Wildman–Crippen MR) is 63.8 cm³/mol. The van der Waals surface area contributed by atoms with Gasteiger partial charge in [-0.2, -0.15) is 5.10 Å². The molecule has 6 nitrogen and oxygen atoms in total. The van der Waals surface area contributed by atoms with Crippen molar-refractivity contribution in [2.24, 2.45) is 11.7 Å². The van der Waals surface area contributed by atoms with Crippen LogP contribution in [0, 0.1) is 12.8 Å². The SMILES string of the molecule is Cc1[nH]ncc1S(=O)(=O)NCC1CCC(N)C1. The van der Waals surface area contributed by atoms with Crippen molar-refractivity contribution in [1.82, 2.24) is 14.9 Å². The van der Waals surface area contributed by atoms with Crippen molar-refractivity contribution in [3.63, 3.8) is 0 Å². The highest BCUT2D eigenvalue weighted by molar-refractivity contribution is 7.89. The van der Waals surface area contributed by atoms with Crippen LogP contribution in [0.15, 0.2) is 11.1 Å². The summed E-state index contributed by atoms with van der Waals surface area (Å²) in [6, 6.07) is 0.222. The Morgan fingerprint density at radius 1 is 1.59 bits per heavy atom. The van der Waals surface area contributed by atoms with E-state index in [9.17, 15) is 8.42 Å². The van der Waals surface area contributed by atoms with Crippen molar-refractivity contribution < 1.29 is 8.42 Å². The largest absolute Gasteiger partial charge is 0.328 e. The first-order chi connectivity index (χ1) is 7.99. The smallest absolute Gasteiger partial charge is 0.243 e. The van der Waals surface area contributed by atoms with Gasteiger partial charge in [-0.3, -0.25) is 5.10 Å². The van der Waals surface area contributed by atoms with E-state index in [0.717, 1.165) is 19.3 Å². The molecule has 1 aliphatic carbocycles. The van der Waals surface area contributed by atoms with E-state index >= 15 is 0 Å².